The molecular weight excluding hydrogens is 362 g/mol. The van der Waals surface area contributed by atoms with E-state index in [1.54, 1.807) is 18.2 Å². The van der Waals surface area contributed by atoms with E-state index in [-0.39, 0.29) is 18.0 Å². The molecule has 1 aromatic heterocycles. The Kier molecular flexibility index (Phi) is 6.18. The van der Waals surface area contributed by atoms with Crippen LogP contribution in [0.15, 0.2) is 23.0 Å². The van der Waals surface area contributed by atoms with Crippen molar-refractivity contribution in [1.29, 1.82) is 0 Å². The van der Waals surface area contributed by atoms with Gasteiger partial charge in [0.15, 0.2) is 11.5 Å². The molecular formula is C20H25N3O5. The highest BCUT2D eigenvalue weighted by atomic mass is 16.5. The van der Waals surface area contributed by atoms with E-state index < -0.39 is 0 Å². The van der Waals surface area contributed by atoms with Gasteiger partial charge in [-0.2, -0.15) is 5.10 Å². The van der Waals surface area contributed by atoms with E-state index in [1.807, 2.05) is 0 Å². The quantitative estimate of drug-likeness (QED) is 0.764. The predicted molar refractivity (Wildman–Crippen MR) is 104 cm³/mol. The highest BCUT2D eigenvalue weighted by molar-refractivity contribution is 5.91. The van der Waals surface area contributed by atoms with E-state index in [9.17, 15) is 9.59 Å². The molecule has 1 amide bonds. The molecule has 8 nitrogen and oxygen atoms in total. The average Bonchev–Trinajstić information content (AvgIpc) is 2.92. The first-order valence-corrected chi connectivity index (χ1v) is 9.25. The summed E-state index contributed by atoms with van der Waals surface area (Å²) in [6.07, 6.45) is 4.96. The number of aryl methyl sites for hydroxylation is 2. The summed E-state index contributed by atoms with van der Waals surface area (Å²) in [5, 5.41) is 7.18. The lowest BCUT2D eigenvalue weighted by molar-refractivity contribution is -0.117. The molecule has 0 bridgehead atoms. The number of nitrogens with one attached hydrogen (secondary N) is 1. The summed E-state index contributed by atoms with van der Waals surface area (Å²) in [6, 6.07) is 4.87. The van der Waals surface area contributed by atoms with Crippen LogP contribution in [0.1, 0.15) is 30.5 Å². The molecule has 1 aliphatic carbocycles. The molecule has 1 aliphatic rings. The third-order valence-electron chi connectivity index (χ3n) is 4.77. The maximum absolute atomic E-state index is 12.5. The van der Waals surface area contributed by atoms with Gasteiger partial charge in [-0.3, -0.25) is 9.59 Å². The molecule has 0 unspecified atom stereocenters. The SMILES string of the molecule is COc1cc(NC(=O)Cn2nc3c(cc2=O)CCCCC3)cc(OC)c1OC. The summed E-state index contributed by atoms with van der Waals surface area (Å²) in [4.78, 5) is 24.8. The molecule has 0 saturated heterocycles. The number of nitrogens with zero attached hydrogens (tertiary/aromatic N) is 2. The summed E-state index contributed by atoms with van der Waals surface area (Å²) in [7, 11) is 4.51. The second-order valence-electron chi connectivity index (χ2n) is 6.64. The fourth-order valence-corrected chi connectivity index (χ4v) is 3.38. The third-order valence-corrected chi connectivity index (χ3v) is 4.77. The molecule has 150 valence electrons. The zero-order valence-electron chi connectivity index (χ0n) is 16.4. The third kappa shape index (κ3) is 4.27. The Hall–Kier alpha value is -3.03. The molecule has 0 spiro atoms. The van der Waals surface area contributed by atoms with Crippen LogP contribution in [-0.2, 0) is 24.2 Å². The molecule has 0 fully saturated rings. The first-order valence-electron chi connectivity index (χ1n) is 9.25. The molecule has 2 aromatic rings. The molecule has 1 heterocycles. The number of benzene rings is 1. The number of aromatic nitrogens is 2. The van der Waals surface area contributed by atoms with E-state index >= 15 is 0 Å². The standard InChI is InChI=1S/C20H25N3O5/c1-26-16-10-14(11-17(27-2)20(16)28-3)21-18(24)12-23-19(25)9-13-7-5-4-6-8-15(13)22-23/h9-11H,4-8,12H2,1-3H3,(H,21,24). The zero-order chi connectivity index (χ0) is 20.1. The van der Waals surface area contributed by atoms with Crippen LogP contribution in [0.2, 0.25) is 0 Å². The van der Waals surface area contributed by atoms with Crippen LogP contribution in [0.4, 0.5) is 5.69 Å². The minimum atomic E-state index is -0.363. The van der Waals surface area contributed by atoms with Crippen LogP contribution in [0.5, 0.6) is 17.2 Å². The normalized spacial score (nSPS) is 13.2. The lowest BCUT2D eigenvalue weighted by Gasteiger charge is -2.15. The van der Waals surface area contributed by atoms with E-state index in [1.165, 1.54) is 26.0 Å². The molecule has 0 radical (unpaired) electrons. The van der Waals surface area contributed by atoms with Gasteiger partial charge in [0.05, 0.1) is 27.0 Å². The zero-order valence-corrected chi connectivity index (χ0v) is 16.4. The van der Waals surface area contributed by atoms with Gasteiger partial charge in [-0.15, -0.1) is 0 Å². The number of carbonyl (C=O) groups is 1. The van der Waals surface area contributed by atoms with Gasteiger partial charge < -0.3 is 19.5 Å². The van der Waals surface area contributed by atoms with Crippen LogP contribution in [0.25, 0.3) is 0 Å². The molecule has 0 aliphatic heterocycles. The van der Waals surface area contributed by atoms with Gasteiger partial charge in [0.2, 0.25) is 11.7 Å². The first kappa shape index (κ1) is 19.7. The van der Waals surface area contributed by atoms with Crippen molar-refractivity contribution < 1.29 is 19.0 Å². The minimum Gasteiger partial charge on any atom is -0.493 e. The topological polar surface area (TPSA) is 91.7 Å². The fraction of sp³-hybridized carbons (Fsp3) is 0.450. The van der Waals surface area contributed by atoms with E-state index in [0.717, 1.165) is 43.4 Å². The van der Waals surface area contributed by atoms with Crippen LogP contribution < -0.4 is 25.1 Å². The van der Waals surface area contributed by atoms with Gasteiger partial charge in [0.1, 0.15) is 6.54 Å². The van der Waals surface area contributed by atoms with Gasteiger partial charge in [0.25, 0.3) is 5.56 Å². The number of carbonyl (C=O) groups excluding carboxylic acids is 1. The lowest BCUT2D eigenvalue weighted by atomic mass is 10.1. The number of amides is 1. The number of fused-ring (bicyclic) bond motifs is 1. The number of hydrogen-bond acceptors (Lipinski definition) is 6. The van der Waals surface area contributed by atoms with Crippen molar-refractivity contribution in [3.63, 3.8) is 0 Å². The second-order valence-corrected chi connectivity index (χ2v) is 6.64. The minimum absolute atomic E-state index is 0.164. The van der Waals surface area contributed by atoms with Crippen molar-refractivity contribution in [3.05, 3.63) is 39.8 Å². The summed E-state index contributed by atoms with van der Waals surface area (Å²) >= 11 is 0. The number of hydrogen-bond donors (Lipinski definition) is 1. The number of methoxy groups -OCH3 is 3. The maximum atomic E-state index is 12.5. The molecule has 0 atom stereocenters. The summed E-state index contributed by atoms with van der Waals surface area (Å²) in [5.74, 6) is 0.930. The summed E-state index contributed by atoms with van der Waals surface area (Å²) < 4.78 is 17.1. The highest BCUT2D eigenvalue weighted by Crippen LogP contribution is 2.39. The largest absolute Gasteiger partial charge is 0.493 e. The van der Waals surface area contributed by atoms with Crippen molar-refractivity contribution in [1.82, 2.24) is 9.78 Å². The molecule has 1 aromatic carbocycles. The number of anilines is 1. The molecule has 1 N–H and O–H groups in total. The van der Waals surface area contributed by atoms with Gasteiger partial charge in [-0.25, -0.2) is 4.68 Å². The Morgan fingerprint density at radius 1 is 1.04 bits per heavy atom. The fourth-order valence-electron chi connectivity index (χ4n) is 3.38. The molecule has 0 saturated carbocycles. The van der Waals surface area contributed by atoms with E-state index in [4.69, 9.17) is 14.2 Å². The van der Waals surface area contributed by atoms with Gasteiger partial charge in [0, 0.05) is 23.9 Å². The van der Waals surface area contributed by atoms with Crippen molar-refractivity contribution in [3.8, 4) is 17.2 Å². The van der Waals surface area contributed by atoms with Gasteiger partial charge in [-0.05, 0) is 31.2 Å². The Labute approximate surface area is 163 Å². The van der Waals surface area contributed by atoms with Crippen molar-refractivity contribution in [2.75, 3.05) is 26.6 Å². The van der Waals surface area contributed by atoms with Crippen molar-refractivity contribution in [2.24, 2.45) is 0 Å². The molecule has 28 heavy (non-hydrogen) atoms. The van der Waals surface area contributed by atoms with Crippen molar-refractivity contribution in [2.45, 2.75) is 38.6 Å². The summed E-state index contributed by atoms with van der Waals surface area (Å²) in [5.41, 5.74) is 2.13. The Morgan fingerprint density at radius 2 is 1.71 bits per heavy atom. The van der Waals surface area contributed by atoms with Crippen LogP contribution in [0, 0.1) is 0 Å². The Morgan fingerprint density at radius 3 is 2.36 bits per heavy atom. The van der Waals surface area contributed by atoms with Gasteiger partial charge in [-0.1, -0.05) is 6.42 Å². The molecule has 3 rings (SSSR count). The van der Waals surface area contributed by atoms with E-state index in [2.05, 4.69) is 10.4 Å². The maximum Gasteiger partial charge on any atom is 0.267 e. The summed E-state index contributed by atoms with van der Waals surface area (Å²) in [6.45, 7) is -0.164. The van der Waals surface area contributed by atoms with E-state index in [0.29, 0.717) is 22.9 Å². The highest BCUT2D eigenvalue weighted by Gasteiger charge is 2.16. The number of ether oxygens (including phenoxy) is 3. The average molecular weight is 387 g/mol. The molecule has 8 heteroatoms. The first-order chi connectivity index (χ1) is 13.5. The Bertz CT molecular complexity index is 898. The number of rotatable bonds is 6. The smallest absolute Gasteiger partial charge is 0.267 e. The lowest BCUT2D eigenvalue weighted by Crippen LogP contribution is -2.30. The van der Waals surface area contributed by atoms with Crippen LogP contribution >= 0.6 is 0 Å². The van der Waals surface area contributed by atoms with Crippen LogP contribution in [0.3, 0.4) is 0 Å². The monoisotopic (exact) mass is 387 g/mol. The second kappa shape index (κ2) is 8.77. The van der Waals surface area contributed by atoms with Crippen molar-refractivity contribution >= 4 is 11.6 Å². The predicted octanol–water partition coefficient (Wildman–Crippen LogP) is 2.18. The Balaban J connectivity index is 1.79. The van der Waals surface area contributed by atoms with Crippen LogP contribution in [-0.4, -0.2) is 37.0 Å². The van der Waals surface area contributed by atoms with Gasteiger partial charge >= 0.3 is 0 Å².